The minimum Gasteiger partial charge on any atom is -0.444 e. The van der Waals surface area contributed by atoms with E-state index in [0.717, 1.165) is 0 Å². The Morgan fingerprint density at radius 1 is 1.44 bits per heavy atom. The van der Waals surface area contributed by atoms with Crippen LogP contribution < -0.4 is 0 Å². The van der Waals surface area contributed by atoms with E-state index in [9.17, 15) is 9.00 Å². The molecule has 1 rings (SSSR count). The molecular weight excluding hydrogens is 252 g/mol. The van der Waals surface area contributed by atoms with Crippen LogP contribution in [0.15, 0.2) is 0 Å². The van der Waals surface area contributed by atoms with Gasteiger partial charge >= 0.3 is 6.09 Å². The highest BCUT2D eigenvalue weighted by Gasteiger charge is 2.35. The molecule has 0 aromatic carbocycles. The van der Waals surface area contributed by atoms with Crippen LogP contribution in [0.1, 0.15) is 41.0 Å². The average Bonchev–Trinajstić information content (AvgIpc) is 2.63. The van der Waals surface area contributed by atoms with Crippen LogP contribution in [0, 0.1) is 4.78 Å². The zero-order chi connectivity index (χ0) is 14.1. The summed E-state index contributed by atoms with van der Waals surface area (Å²) in [6.07, 6.45) is 0.253. The number of likely N-dealkylation sites (tertiary alicyclic amines) is 1. The van der Waals surface area contributed by atoms with Crippen LogP contribution in [-0.2, 0) is 14.5 Å². The molecule has 0 aliphatic carbocycles. The third kappa shape index (κ3) is 3.60. The molecule has 2 atom stereocenters. The molecule has 0 bridgehead atoms. The van der Waals surface area contributed by atoms with E-state index < -0.39 is 15.3 Å². The first-order valence-electron chi connectivity index (χ1n) is 6.28. The number of ether oxygens (including phenoxy) is 1. The zero-order valence-corrected chi connectivity index (χ0v) is 12.7. The minimum atomic E-state index is -2.64. The summed E-state index contributed by atoms with van der Waals surface area (Å²) in [4.78, 5) is 13.4. The first kappa shape index (κ1) is 15.3. The molecule has 5 nitrogen and oxygen atoms in total. The molecule has 0 saturated carbocycles. The standard InChI is InChI=1S/C12H24N2O3S/c1-9(2)18(13,16)10-6-7-14(8-10)11(15)17-12(3,4)5/h9-10,13H,6-8H2,1-5H3. The number of carbonyl (C=O) groups excluding carboxylic acids is 1. The van der Waals surface area contributed by atoms with E-state index in [1.165, 1.54) is 0 Å². The Labute approximate surface area is 110 Å². The predicted octanol–water partition coefficient (Wildman–Crippen LogP) is 2.45. The van der Waals surface area contributed by atoms with Crippen LogP contribution in [0.4, 0.5) is 4.79 Å². The number of carbonyl (C=O) groups is 1. The van der Waals surface area contributed by atoms with Gasteiger partial charge in [-0.2, -0.15) is 0 Å². The van der Waals surface area contributed by atoms with Crippen molar-refractivity contribution < 1.29 is 13.7 Å². The van der Waals surface area contributed by atoms with Gasteiger partial charge in [0.1, 0.15) is 5.60 Å². The van der Waals surface area contributed by atoms with Gasteiger partial charge in [0, 0.05) is 18.3 Å². The van der Waals surface area contributed by atoms with Crippen LogP contribution in [0.25, 0.3) is 0 Å². The molecule has 0 spiro atoms. The molecule has 1 N–H and O–H groups in total. The summed E-state index contributed by atoms with van der Waals surface area (Å²) in [7, 11) is -2.64. The molecule has 0 radical (unpaired) electrons. The van der Waals surface area contributed by atoms with Gasteiger partial charge in [-0.15, -0.1) is 0 Å². The maximum atomic E-state index is 12.2. The molecule has 1 aliphatic heterocycles. The van der Waals surface area contributed by atoms with Gasteiger partial charge in [0.2, 0.25) is 0 Å². The van der Waals surface area contributed by atoms with Crippen molar-refractivity contribution in [2.75, 3.05) is 13.1 Å². The minimum absolute atomic E-state index is 0.180. The van der Waals surface area contributed by atoms with Gasteiger partial charge in [-0.3, -0.25) is 4.78 Å². The Morgan fingerprint density at radius 2 is 2.00 bits per heavy atom. The summed E-state index contributed by atoms with van der Waals surface area (Å²) >= 11 is 0. The smallest absolute Gasteiger partial charge is 0.410 e. The van der Waals surface area contributed by atoms with Crippen molar-refractivity contribution in [1.29, 1.82) is 4.78 Å². The fraction of sp³-hybridized carbons (Fsp3) is 0.917. The van der Waals surface area contributed by atoms with Gasteiger partial charge in [0.15, 0.2) is 0 Å². The number of nitrogens with one attached hydrogen (secondary N) is 1. The van der Waals surface area contributed by atoms with E-state index in [0.29, 0.717) is 19.5 Å². The first-order chi connectivity index (χ1) is 8.04. The fourth-order valence-corrected chi connectivity index (χ4v) is 3.52. The highest BCUT2D eigenvalue weighted by Crippen LogP contribution is 2.23. The van der Waals surface area contributed by atoms with Crippen molar-refractivity contribution >= 4 is 15.8 Å². The second kappa shape index (κ2) is 5.07. The van der Waals surface area contributed by atoms with Crippen LogP contribution >= 0.6 is 0 Å². The lowest BCUT2D eigenvalue weighted by atomic mass is 10.2. The van der Waals surface area contributed by atoms with E-state index in [1.54, 1.807) is 18.7 Å². The Kier molecular flexibility index (Phi) is 4.30. The van der Waals surface area contributed by atoms with E-state index in [1.807, 2.05) is 20.8 Å². The van der Waals surface area contributed by atoms with E-state index in [-0.39, 0.29) is 16.6 Å². The summed E-state index contributed by atoms with van der Waals surface area (Å²) in [5.41, 5.74) is -0.518. The largest absolute Gasteiger partial charge is 0.444 e. The van der Waals surface area contributed by atoms with E-state index in [4.69, 9.17) is 9.52 Å². The van der Waals surface area contributed by atoms with Crippen LogP contribution in [0.3, 0.4) is 0 Å². The molecule has 0 aromatic heterocycles. The normalized spacial score (nSPS) is 24.1. The van der Waals surface area contributed by atoms with Gasteiger partial charge in [-0.05, 0) is 27.2 Å². The third-order valence-electron chi connectivity index (χ3n) is 2.99. The Balaban J connectivity index is 2.65. The van der Waals surface area contributed by atoms with E-state index in [2.05, 4.69) is 0 Å². The Bertz CT molecular complexity index is 410. The topological polar surface area (TPSA) is 70.5 Å². The molecule has 1 amide bonds. The van der Waals surface area contributed by atoms with Crippen molar-refractivity contribution in [2.45, 2.75) is 57.1 Å². The summed E-state index contributed by atoms with van der Waals surface area (Å²) in [5.74, 6) is 0. The lowest BCUT2D eigenvalue weighted by Gasteiger charge is -2.25. The maximum absolute atomic E-state index is 12.2. The van der Waals surface area contributed by atoms with Crippen LogP contribution in [0.2, 0.25) is 0 Å². The number of hydrogen-bond donors (Lipinski definition) is 1. The third-order valence-corrected chi connectivity index (χ3v) is 5.77. The van der Waals surface area contributed by atoms with Crippen molar-refractivity contribution in [1.82, 2.24) is 4.90 Å². The van der Waals surface area contributed by atoms with Crippen molar-refractivity contribution in [2.24, 2.45) is 0 Å². The van der Waals surface area contributed by atoms with Gasteiger partial charge in [0.25, 0.3) is 0 Å². The number of rotatable bonds is 2. The maximum Gasteiger partial charge on any atom is 0.410 e. The summed E-state index contributed by atoms with van der Waals surface area (Å²) in [6, 6.07) is 0. The second-order valence-electron chi connectivity index (χ2n) is 6.03. The molecule has 6 heteroatoms. The van der Waals surface area contributed by atoms with Crippen molar-refractivity contribution in [3.8, 4) is 0 Å². The fourth-order valence-electron chi connectivity index (χ4n) is 1.89. The van der Waals surface area contributed by atoms with Gasteiger partial charge in [-0.1, -0.05) is 13.8 Å². The molecule has 106 valence electrons. The lowest BCUT2D eigenvalue weighted by molar-refractivity contribution is 0.0295. The first-order valence-corrected chi connectivity index (χ1v) is 7.97. The molecule has 1 saturated heterocycles. The van der Waals surface area contributed by atoms with Gasteiger partial charge in [-0.25, -0.2) is 9.00 Å². The van der Waals surface area contributed by atoms with Crippen molar-refractivity contribution in [3.63, 3.8) is 0 Å². The number of amides is 1. The molecule has 2 unspecified atom stereocenters. The zero-order valence-electron chi connectivity index (χ0n) is 11.9. The van der Waals surface area contributed by atoms with Gasteiger partial charge in [0.05, 0.1) is 15.0 Å². The SMILES string of the molecule is CC(C)S(=N)(=O)C1CCN(C(=O)OC(C)(C)C)C1. The Hall–Kier alpha value is -0.780. The van der Waals surface area contributed by atoms with Crippen LogP contribution in [-0.4, -0.2) is 44.4 Å². The lowest BCUT2D eigenvalue weighted by Crippen LogP contribution is -2.37. The van der Waals surface area contributed by atoms with Crippen LogP contribution in [0.5, 0.6) is 0 Å². The molecule has 18 heavy (non-hydrogen) atoms. The Morgan fingerprint density at radius 3 is 2.44 bits per heavy atom. The molecule has 1 heterocycles. The van der Waals surface area contributed by atoms with E-state index >= 15 is 0 Å². The highest BCUT2D eigenvalue weighted by molar-refractivity contribution is 7.93. The average molecular weight is 276 g/mol. The molecular formula is C12H24N2O3S. The predicted molar refractivity (Wildman–Crippen MR) is 72.2 cm³/mol. The highest BCUT2D eigenvalue weighted by atomic mass is 32.2. The quantitative estimate of drug-likeness (QED) is 0.842. The summed E-state index contributed by atoms with van der Waals surface area (Å²) in [5, 5.41) is -0.411. The summed E-state index contributed by atoms with van der Waals surface area (Å²) < 4.78 is 25.4. The summed E-state index contributed by atoms with van der Waals surface area (Å²) in [6.45, 7) is 9.95. The number of hydrogen-bond acceptors (Lipinski definition) is 4. The second-order valence-corrected chi connectivity index (χ2v) is 8.94. The van der Waals surface area contributed by atoms with Crippen molar-refractivity contribution in [3.05, 3.63) is 0 Å². The molecule has 0 aromatic rings. The molecule has 1 fully saturated rings. The monoisotopic (exact) mass is 276 g/mol. The molecule has 1 aliphatic rings. The van der Waals surface area contributed by atoms with Gasteiger partial charge < -0.3 is 9.64 Å². The number of nitrogens with zero attached hydrogens (tertiary/aromatic N) is 1.